The topological polar surface area (TPSA) is 61.0 Å². The molecule has 0 saturated heterocycles. The number of ether oxygens (including phenoxy) is 1. The summed E-state index contributed by atoms with van der Waals surface area (Å²) in [7, 11) is 1.41. The summed E-state index contributed by atoms with van der Waals surface area (Å²) in [6, 6.07) is 8.00. The molecular formula is C14H10FN3O2. The molecule has 2 aromatic heterocycles. The predicted molar refractivity (Wildman–Crippen MR) is 69.5 cm³/mol. The second kappa shape index (κ2) is 5.08. The normalized spacial score (nSPS) is 10.5. The lowest BCUT2D eigenvalue weighted by molar-refractivity contribution is 0.386. The van der Waals surface area contributed by atoms with Crippen molar-refractivity contribution in [1.29, 1.82) is 0 Å². The van der Waals surface area contributed by atoms with Crippen LogP contribution in [0.3, 0.4) is 0 Å². The molecule has 100 valence electrons. The summed E-state index contributed by atoms with van der Waals surface area (Å²) in [6.07, 6.45) is 3.27. The molecule has 0 unspecified atom stereocenters. The monoisotopic (exact) mass is 271 g/mol. The second-order valence-electron chi connectivity index (χ2n) is 4.01. The summed E-state index contributed by atoms with van der Waals surface area (Å²) in [5.74, 6) is 0.369. The molecule has 0 radical (unpaired) electrons. The summed E-state index contributed by atoms with van der Waals surface area (Å²) < 4.78 is 23.6. The van der Waals surface area contributed by atoms with E-state index in [1.54, 1.807) is 30.6 Å². The average molecular weight is 271 g/mol. The Morgan fingerprint density at radius 3 is 2.60 bits per heavy atom. The van der Waals surface area contributed by atoms with E-state index in [1.807, 2.05) is 0 Å². The van der Waals surface area contributed by atoms with Gasteiger partial charge in [0.25, 0.3) is 5.89 Å². The smallest absolute Gasteiger partial charge is 0.258 e. The van der Waals surface area contributed by atoms with Gasteiger partial charge in [-0.3, -0.25) is 4.98 Å². The van der Waals surface area contributed by atoms with Crippen molar-refractivity contribution in [3.63, 3.8) is 0 Å². The van der Waals surface area contributed by atoms with Crippen LogP contribution >= 0.6 is 0 Å². The summed E-state index contributed by atoms with van der Waals surface area (Å²) in [5.41, 5.74) is 1.28. The third-order valence-electron chi connectivity index (χ3n) is 2.76. The highest BCUT2D eigenvalue weighted by molar-refractivity contribution is 5.60. The van der Waals surface area contributed by atoms with Crippen molar-refractivity contribution in [1.82, 2.24) is 15.1 Å². The highest BCUT2D eigenvalue weighted by Gasteiger charge is 2.12. The maximum Gasteiger partial charge on any atom is 0.258 e. The fourth-order valence-electron chi connectivity index (χ4n) is 1.76. The Hall–Kier alpha value is -2.76. The zero-order valence-electron chi connectivity index (χ0n) is 10.6. The number of aromatic nitrogens is 3. The predicted octanol–water partition coefficient (Wildman–Crippen LogP) is 2.95. The van der Waals surface area contributed by atoms with E-state index in [9.17, 15) is 4.39 Å². The molecule has 0 N–H and O–H groups in total. The fraction of sp³-hybridized carbons (Fsp3) is 0.0714. The van der Waals surface area contributed by atoms with Crippen molar-refractivity contribution in [3.05, 3.63) is 48.5 Å². The standard InChI is InChI=1S/C14H10FN3O2/c1-19-12-3-2-10(8-11(12)15)14-17-13(18-20-14)9-4-6-16-7-5-9/h2-8H,1H3. The summed E-state index contributed by atoms with van der Waals surface area (Å²) in [4.78, 5) is 8.15. The number of halogens is 1. The number of pyridine rings is 1. The van der Waals surface area contributed by atoms with Crippen LogP contribution in [0.4, 0.5) is 4.39 Å². The van der Waals surface area contributed by atoms with Gasteiger partial charge in [0, 0.05) is 23.5 Å². The molecule has 0 aliphatic rings. The Labute approximate surface area is 114 Å². The van der Waals surface area contributed by atoms with Crippen molar-refractivity contribution in [2.75, 3.05) is 7.11 Å². The van der Waals surface area contributed by atoms with E-state index in [0.29, 0.717) is 11.4 Å². The highest BCUT2D eigenvalue weighted by Crippen LogP contribution is 2.26. The largest absolute Gasteiger partial charge is 0.494 e. The van der Waals surface area contributed by atoms with Gasteiger partial charge in [-0.25, -0.2) is 4.39 Å². The van der Waals surface area contributed by atoms with Crippen LogP contribution in [-0.4, -0.2) is 22.2 Å². The molecule has 3 rings (SSSR count). The minimum atomic E-state index is -0.478. The average Bonchev–Trinajstić information content (AvgIpc) is 2.98. The molecule has 1 aromatic carbocycles. The lowest BCUT2D eigenvalue weighted by Gasteiger charge is -2.01. The summed E-state index contributed by atoms with van der Waals surface area (Å²) in [5, 5.41) is 3.87. The van der Waals surface area contributed by atoms with Crippen molar-refractivity contribution in [3.8, 4) is 28.6 Å². The molecule has 0 atom stereocenters. The quantitative estimate of drug-likeness (QED) is 0.733. The van der Waals surface area contributed by atoms with E-state index < -0.39 is 5.82 Å². The minimum Gasteiger partial charge on any atom is -0.494 e. The van der Waals surface area contributed by atoms with Crippen LogP contribution in [0.2, 0.25) is 0 Å². The number of rotatable bonds is 3. The van der Waals surface area contributed by atoms with Gasteiger partial charge in [0.05, 0.1) is 7.11 Å². The molecule has 0 spiro atoms. The van der Waals surface area contributed by atoms with Crippen molar-refractivity contribution >= 4 is 0 Å². The SMILES string of the molecule is COc1ccc(-c2nc(-c3ccncc3)no2)cc1F. The van der Waals surface area contributed by atoms with Crippen molar-refractivity contribution in [2.45, 2.75) is 0 Å². The highest BCUT2D eigenvalue weighted by atomic mass is 19.1. The zero-order chi connectivity index (χ0) is 13.9. The van der Waals surface area contributed by atoms with E-state index in [4.69, 9.17) is 9.26 Å². The lowest BCUT2D eigenvalue weighted by Crippen LogP contribution is -1.88. The van der Waals surface area contributed by atoms with Gasteiger partial charge in [0.2, 0.25) is 5.82 Å². The Morgan fingerprint density at radius 1 is 1.10 bits per heavy atom. The number of hydrogen-bond acceptors (Lipinski definition) is 5. The maximum absolute atomic E-state index is 13.6. The van der Waals surface area contributed by atoms with Crippen LogP contribution in [-0.2, 0) is 0 Å². The van der Waals surface area contributed by atoms with Gasteiger partial charge in [-0.1, -0.05) is 5.16 Å². The van der Waals surface area contributed by atoms with Gasteiger partial charge >= 0.3 is 0 Å². The minimum absolute atomic E-state index is 0.169. The Kier molecular flexibility index (Phi) is 3.12. The van der Waals surface area contributed by atoms with E-state index >= 15 is 0 Å². The fourth-order valence-corrected chi connectivity index (χ4v) is 1.76. The first kappa shape index (κ1) is 12.3. The molecule has 2 heterocycles. The van der Waals surface area contributed by atoms with Crippen molar-refractivity contribution < 1.29 is 13.7 Å². The Morgan fingerprint density at radius 2 is 1.90 bits per heavy atom. The third-order valence-corrected chi connectivity index (χ3v) is 2.76. The van der Waals surface area contributed by atoms with Crippen molar-refractivity contribution in [2.24, 2.45) is 0 Å². The first-order valence-electron chi connectivity index (χ1n) is 5.86. The molecule has 20 heavy (non-hydrogen) atoms. The molecule has 0 saturated carbocycles. The van der Waals surface area contributed by atoms with Gasteiger partial charge in [-0.15, -0.1) is 0 Å². The van der Waals surface area contributed by atoms with E-state index in [2.05, 4.69) is 15.1 Å². The Balaban J connectivity index is 1.96. The van der Waals surface area contributed by atoms with Crippen LogP contribution in [0, 0.1) is 5.82 Å². The van der Waals surface area contributed by atoms with Gasteiger partial charge < -0.3 is 9.26 Å². The van der Waals surface area contributed by atoms with Gasteiger partial charge in [0.15, 0.2) is 11.6 Å². The number of hydrogen-bond donors (Lipinski definition) is 0. The lowest BCUT2D eigenvalue weighted by atomic mass is 10.2. The molecule has 0 amide bonds. The maximum atomic E-state index is 13.6. The molecular weight excluding hydrogens is 261 g/mol. The van der Waals surface area contributed by atoms with E-state index in [-0.39, 0.29) is 11.6 Å². The van der Waals surface area contributed by atoms with Crippen LogP contribution < -0.4 is 4.74 Å². The van der Waals surface area contributed by atoms with E-state index in [1.165, 1.54) is 19.2 Å². The van der Waals surface area contributed by atoms with Crippen LogP contribution in [0.5, 0.6) is 5.75 Å². The molecule has 0 aliphatic heterocycles. The number of benzene rings is 1. The van der Waals surface area contributed by atoms with E-state index in [0.717, 1.165) is 5.56 Å². The first-order valence-corrected chi connectivity index (χ1v) is 5.86. The molecule has 5 nitrogen and oxygen atoms in total. The summed E-state index contributed by atoms with van der Waals surface area (Å²) in [6.45, 7) is 0. The Bertz CT molecular complexity index is 728. The molecule has 0 bridgehead atoms. The van der Waals surface area contributed by atoms with Gasteiger partial charge in [-0.05, 0) is 30.3 Å². The molecule has 0 fully saturated rings. The van der Waals surface area contributed by atoms with Gasteiger partial charge in [0.1, 0.15) is 0 Å². The van der Waals surface area contributed by atoms with Gasteiger partial charge in [-0.2, -0.15) is 4.98 Å². The van der Waals surface area contributed by atoms with Crippen LogP contribution in [0.1, 0.15) is 0 Å². The summed E-state index contributed by atoms with van der Waals surface area (Å²) >= 11 is 0. The first-order chi connectivity index (χ1) is 9.78. The third kappa shape index (κ3) is 2.23. The molecule has 3 aromatic rings. The molecule has 6 heteroatoms. The van der Waals surface area contributed by atoms with Crippen LogP contribution in [0.15, 0.2) is 47.2 Å². The second-order valence-corrected chi connectivity index (χ2v) is 4.01. The van der Waals surface area contributed by atoms with Crippen LogP contribution in [0.25, 0.3) is 22.8 Å². The number of methoxy groups -OCH3 is 1. The molecule has 0 aliphatic carbocycles. The zero-order valence-corrected chi connectivity index (χ0v) is 10.6. The number of nitrogens with zero attached hydrogens (tertiary/aromatic N) is 3.